The second-order valence-electron chi connectivity index (χ2n) is 5.96. The molecule has 0 aliphatic carbocycles. The number of hydrogen-bond donors (Lipinski definition) is 0. The Labute approximate surface area is 131 Å². The van der Waals surface area contributed by atoms with Gasteiger partial charge in [0.25, 0.3) is 0 Å². The third-order valence-electron chi connectivity index (χ3n) is 4.60. The molecule has 0 radical (unpaired) electrons. The largest absolute Gasteiger partial charge is 0.340 e. The second-order valence-corrected chi connectivity index (χ2v) is 7.18. The zero-order chi connectivity index (χ0) is 14.7. The smallest absolute Gasteiger partial charge is 0.239 e. The van der Waals surface area contributed by atoms with Crippen LogP contribution in [0.25, 0.3) is 0 Å². The molecular weight excluding hydrogens is 280 g/mol. The molecule has 2 aliphatic rings. The molecule has 0 N–H and O–H groups in total. The Bertz CT molecular complexity index is 497. The Hall–Kier alpha value is -1.00. The predicted molar refractivity (Wildman–Crippen MR) is 88.5 cm³/mol. The highest BCUT2D eigenvalue weighted by Gasteiger charge is 2.28. The number of nitrogens with zero attached hydrogens (tertiary/aromatic N) is 2. The first kappa shape index (κ1) is 14.9. The van der Waals surface area contributed by atoms with E-state index >= 15 is 0 Å². The minimum atomic E-state index is 0.00135. The van der Waals surface area contributed by atoms with E-state index in [-0.39, 0.29) is 6.04 Å². The highest BCUT2D eigenvalue weighted by Crippen LogP contribution is 2.21. The van der Waals surface area contributed by atoms with Crippen LogP contribution in [-0.2, 0) is 17.8 Å². The number of carbonyl (C=O) groups excluding carboxylic acids is 1. The summed E-state index contributed by atoms with van der Waals surface area (Å²) in [5.41, 5.74) is 2.83. The molecule has 1 aromatic carbocycles. The van der Waals surface area contributed by atoms with E-state index in [1.165, 1.54) is 16.9 Å². The van der Waals surface area contributed by atoms with E-state index in [0.29, 0.717) is 5.91 Å². The molecule has 2 heterocycles. The number of hydrogen-bond acceptors (Lipinski definition) is 3. The molecule has 0 bridgehead atoms. The van der Waals surface area contributed by atoms with Crippen molar-refractivity contribution >= 4 is 17.7 Å². The molecule has 3 rings (SSSR count). The Morgan fingerprint density at radius 2 is 1.95 bits per heavy atom. The zero-order valence-corrected chi connectivity index (χ0v) is 13.6. The Balaban J connectivity index is 1.65. The summed E-state index contributed by atoms with van der Waals surface area (Å²) in [6.07, 6.45) is 2.19. The van der Waals surface area contributed by atoms with Crippen molar-refractivity contribution in [3.63, 3.8) is 0 Å². The van der Waals surface area contributed by atoms with Gasteiger partial charge in [-0.05, 0) is 36.6 Å². The lowest BCUT2D eigenvalue weighted by Gasteiger charge is -2.35. The van der Waals surface area contributed by atoms with Crippen LogP contribution in [0.1, 0.15) is 24.5 Å². The number of thioether (sulfide) groups is 1. The SMILES string of the molecule is CC(C(=O)N1CCCSCC1)N1CCc2ccccc2C1. The monoisotopic (exact) mass is 304 g/mol. The fraction of sp³-hybridized carbons (Fsp3) is 0.588. The Kier molecular flexibility index (Phi) is 4.86. The van der Waals surface area contributed by atoms with Crippen LogP contribution in [0, 0.1) is 0 Å². The summed E-state index contributed by atoms with van der Waals surface area (Å²) in [6.45, 7) is 5.82. The third-order valence-corrected chi connectivity index (χ3v) is 5.65. The van der Waals surface area contributed by atoms with Gasteiger partial charge in [0.15, 0.2) is 0 Å². The van der Waals surface area contributed by atoms with Gasteiger partial charge in [-0.1, -0.05) is 24.3 Å². The van der Waals surface area contributed by atoms with Crippen molar-refractivity contribution in [1.82, 2.24) is 9.80 Å². The van der Waals surface area contributed by atoms with Crippen LogP contribution < -0.4 is 0 Å². The van der Waals surface area contributed by atoms with Crippen LogP contribution in [0.5, 0.6) is 0 Å². The molecule has 114 valence electrons. The summed E-state index contributed by atoms with van der Waals surface area (Å²) in [6, 6.07) is 8.62. The number of benzene rings is 1. The van der Waals surface area contributed by atoms with Crippen LogP contribution in [0.4, 0.5) is 0 Å². The molecule has 1 fully saturated rings. The molecule has 0 aromatic heterocycles. The van der Waals surface area contributed by atoms with Gasteiger partial charge in [-0.2, -0.15) is 11.8 Å². The fourth-order valence-corrected chi connectivity index (χ4v) is 4.12. The maximum absolute atomic E-state index is 12.7. The predicted octanol–water partition coefficient (Wildman–Crippen LogP) is 2.40. The zero-order valence-electron chi connectivity index (χ0n) is 12.8. The van der Waals surface area contributed by atoms with Gasteiger partial charge in [0.1, 0.15) is 0 Å². The minimum Gasteiger partial charge on any atom is -0.340 e. The maximum atomic E-state index is 12.7. The number of carbonyl (C=O) groups is 1. The summed E-state index contributed by atoms with van der Waals surface area (Å²) >= 11 is 1.97. The fourth-order valence-electron chi connectivity index (χ4n) is 3.24. The second kappa shape index (κ2) is 6.84. The van der Waals surface area contributed by atoms with Crippen molar-refractivity contribution in [2.24, 2.45) is 0 Å². The lowest BCUT2D eigenvalue weighted by Crippen LogP contribution is -2.49. The molecule has 1 aromatic rings. The molecule has 0 spiro atoms. The Morgan fingerprint density at radius 1 is 1.14 bits per heavy atom. The molecule has 2 aliphatic heterocycles. The molecule has 1 atom stereocenters. The van der Waals surface area contributed by atoms with E-state index in [2.05, 4.69) is 41.0 Å². The van der Waals surface area contributed by atoms with Crippen LogP contribution in [-0.4, -0.2) is 52.9 Å². The van der Waals surface area contributed by atoms with E-state index in [4.69, 9.17) is 0 Å². The van der Waals surface area contributed by atoms with Gasteiger partial charge in [0, 0.05) is 31.9 Å². The van der Waals surface area contributed by atoms with Gasteiger partial charge in [-0.25, -0.2) is 0 Å². The third kappa shape index (κ3) is 3.43. The van der Waals surface area contributed by atoms with Crippen molar-refractivity contribution in [2.45, 2.75) is 32.4 Å². The highest BCUT2D eigenvalue weighted by molar-refractivity contribution is 7.99. The van der Waals surface area contributed by atoms with Gasteiger partial charge in [-0.3, -0.25) is 9.69 Å². The topological polar surface area (TPSA) is 23.6 Å². The summed E-state index contributed by atoms with van der Waals surface area (Å²) in [7, 11) is 0. The summed E-state index contributed by atoms with van der Waals surface area (Å²) in [5, 5.41) is 0. The first-order valence-electron chi connectivity index (χ1n) is 7.93. The molecule has 4 heteroatoms. The van der Waals surface area contributed by atoms with Crippen molar-refractivity contribution in [2.75, 3.05) is 31.1 Å². The standard InChI is InChI=1S/C17H24N2OS/c1-14(17(20)18-8-4-11-21-12-10-18)19-9-7-15-5-2-3-6-16(15)13-19/h2-3,5-6,14H,4,7-13H2,1H3. The Morgan fingerprint density at radius 3 is 2.81 bits per heavy atom. The first-order valence-corrected chi connectivity index (χ1v) is 9.08. The van der Waals surface area contributed by atoms with Gasteiger partial charge in [0.2, 0.25) is 5.91 Å². The van der Waals surface area contributed by atoms with Crippen LogP contribution in [0.3, 0.4) is 0 Å². The van der Waals surface area contributed by atoms with E-state index in [1.807, 2.05) is 11.8 Å². The van der Waals surface area contributed by atoms with Crippen molar-refractivity contribution in [3.8, 4) is 0 Å². The number of fused-ring (bicyclic) bond motifs is 1. The average Bonchev–Trinajstić information content (AvgIpc) is 2.82. The molecule has 1 amide bonds. The summed E-state index contributed by atoms with van der Waals surface area (Å²) in [5.74, 6) is 2.59. The van der Waals surface area contributed by atoms with E-state index in [9.17, 15) is 4.79 Å². The first-order chi connectivity index (χ1) is 10.3. The van der Waals surface area contributed by atoms with Crippen LogP contribution in [0.2, 0.25) is 0 Å². The van der Waals surface area contributed by atoms with E-state index < -0.39 is 0 Å². The van der Waals surface area contributed by atoms with E-state index in [0.717, 1.165) is 44.8 Å². The van der Waals surface area contributed by atoms with Gasteiger partial charge < -0.3 is 4.90 Å². The van der Waals surface area contributed by atoms with Crippen LogP contribution >= 0.6 is 11.8 Å². The molecule has 1 unspecified atom stereocenters. The normalized spacial score (nSPS) is 21.5. The van der Waals surface area contributed by atoms with Crippen molar-refractivity contribution in [1.29, 1.82) is 0 Å². The molecule has 21 heavy (non-hydrogen) atoms. The van der Waals surface area contributed by atoms with Crippen molar-refractivity contribution in [3.05, 3.63) is 35.4 Å². The number of amides is 1. The van der Waals surface area contributed by atoms with Gasteiger partial charge >= 0.3 is 0 Å². The molecule has 0 saturated carbocycles. The van der Waals surface area contributed by atoms with Gasteiger partial charge in [-0.15, -0.1) is 0 Å². The van der Waals surface area contributed by atoms with Gasteiger partial charge in [0.05, 0.1) is 6.04 Å². The average molecular weight is 304 g/mol. The summed E-state index contributed by atoms with van der Waals surface area (Å²) < 4.78 is 0. The quantitative estimate of drug-likeness (QED) is 0.838. The molecule has 1 saturated heterocycles. The highest BCUT2D eigenvalue weighted by atomic mass is 32.2. The van der Waals surface area contributed by atoms with Crippen LogP contribution in [0.15, 0.2) is 24.3 Å². The summed E-state index contributed by atoms with van der Waals surface area (Å²) in [4.78, 5) is 17.1. The minimum absolute atomic E-state index is 0.00135. The molecular formula is C17H24N2OS. The molecule has 3 nitrogen and oxygen atoms in total. The lowest BCUT2D eigenvalue weighted by molar-refractivity contribution is -0.136. The van der Waals surface area contributed by atoms with E-state index in [1.54, 1.807) is 0 Å². The number of rotatable bonds is 2. The maximum Gasteiger partial charge on any atom is 0.239 e. The van der Waals surface area contributed by atoms with Crippen molar-refractivity contribution < 1.29 is 4.79 Å². The lowest BCUT2D eigenvalue weighted by atomic mass is 9.98.